The Morgan fingerprint density at radius 3 is 2.93 bits per heavy atom. The second-order valence-corrected chi connectivity index (χ2v) is 9.84. The van der Waals surface area contributed by atoms with Gasteiger partial charge in [-0.3, -0.25) is 0 Å². The van der Waals surface area contributed by atoms with Gasteiger partial charge in [-0.05, 0) is 48.4 Å². The summed E-state index contributed by atoms with van der Waals surface area (Å²) < 4.78 is 59.4. The van der Waals surface area contributed by atoms with Crippen LogP contribution in [0.1, 0.15) is 24.3 Å². The molecule has 10 heteroatoms. The number of piperidine rings is 1. The summed E-state index contributed by atoms with van der Waals surface area (Å²) in [5, 5.41) is 7.83. The quantitative estimate of drug-likeness (QED) is 0.583. The number of thiophene rings is 1. The minimum Gasteiger partial charge on any atom is -0.339 e. The molecule has 0 bridgehead atoms. The van der Waals surface area contributed by atoms with Crippen molar-refractivity contribution in [3.63, 3.8) is 0 Å². The molecular formula is C19H19F2N3O3S2. The molecule has 154 valence electrons. The molecule has 3 aromatic rings. The van der Waals surface area contributed by atoms with Crippen LogP contribution in [0.3, 0.4) is 0 Å². The van der Waals surface area contributed by atoms with E-state index >= 15 is 0 Å². The van der Waals surface area contributed by atoms with Crippen LogP contribution in [0.25, 0.3) is 11.4 Å². The predicted octanol–water partition coefficient (Wildman–Crippen LogP) is 3.86. The molecular weight excluding hydrogens is 420 g/mol. The van der Waals surface area contributed by atoms with Crippen LogP contribution in [0.2, 0.25) is 0 Å². The van der Waals surface area contributed by atoms with Crippen molar-refractivity contribution in [2.75, 3.05) is 13.1 Å². The molecule has 1 fully saturated rings. The molecule has 2 aromatic heterocycles. The van der Waals surface area contributed by atoms with E-state index in [1.54, 1.807) is 0 Å². The monoisotopic (exact) mass is 439 g/mol. The molecule has 1 unspecified atom stereocenters. The molecule has 1 aromatic carbocycles. The van der Waals surface area contributed by atoms with E-state index in [1.807, 2.05) is 16.8 Å². The number of halogens is 2. The van der Waals surface area contributed by atoms with E-state index in [4.69, 9.17) is 4.52 Å². The molecule has 0 saturated carbocycles. The van der Waals surface area contributed by atoms with Crippen LogP contribution in [0.15, 0.2) is 39.5 Å². The number of hydrogen-bond acceptors (Lipinski definition) is 6. The maximum absolute atomic E-state index is 13.9. The summed E-state index contributed by atoms with van der Waals surface area (Å²) in [5.41, 5.74) is 0.722. The van der Waals surface area contributed by atoms with Crippen LogP contribution in [0.5, 0.6) is 0 Å². The first-order valence-electron chi connectivity index (χ1n) is 9.17. The second-order valence-electron chi connectivity index (χ2n) is 7.09. The average molecular weight is 440 g/mol. The molecule has 1 aliphatic rings. The molecule has 0 aliphatic carbocycles. The van der Waals surface area contributed by atoms with Gasteiger partial charge in [0, 0.05) is 36.0 Å². The number of benzene rings is 1. The fourth-order valence-electron chi connectivity index (χ4n) is 3.48. The smallest absolute Gasteiger partial charge is 0.227 e. The summed E-state index contributed by atoms with van der Waals surface area (Å²) in [6, 6.07) is 4.75. The van der Waals surface area contributed by atoms with Gasteiger partial charge in [0.15, 0.2) is 0 Å². The normalized spacial score (nSPS) is 18.2. The highest BCUT2D eigenvalue weighted by atomic mass is 32.2. The lowest BCUT2D eigenvalue weighted by molar-refractivity contribution is 0.246. The standard InChI is InChI=1S/C19H19F2N3O3S2/c20-16-3-4-17(21)15(9-16)12-29(25,26)24-6-1-2-13(10-24)8-18-22-19(23-27-18)14-5-7-28-11-14/h3-5,7,9,11,13H,1-2,6,8,10,12H2. The van der Waals surface area contributed by atoms with Gasteiger partial charge >= 0.3 is 0 Å². The van der Waals surface area contributed by atoms with Gasteiger partial charge in [0.2, 0.25) is 21.7 Å². The van der Waals surface area contributed by atoms with Crippen LogP contribution in [0, 0.1) is 17.6 Å². The number of aromatic nitrogens is 2. The summed E-state index contributed by atoms with van der Waals surface area (Å²) in [4.78, 5) is 4.39. The number of nitrogens with zero attached hydrogens (tertiary/aromatic N) is 3. The summed E-state index contributed by atoms with van der Waals surface area (Å²) in [6.07, 6.45) is 1.98. The minimum absolute atomic E-state index is 0.0201. The van der Waals surface area contributed by atoms with Crippen molar-refractivity contribution in [3.05, 3.63) is 58.1 Å². The van der Waals surface area contributed by atoms with Gasteiger partial charge in [-0.15, -0.1) is 0 Å². The Hall–Kier alpha value is -2.17. The van der Waals surface area contributed by atoms with Crippen molar-refractivity contribution in [2.24, 2.45) is 5.92 Å². The van der Waals surface area contributed by atoms with Crippen LogP contribution in [-0.4, -0.2) is 36.0 Å². The van der Waals surface area contributed by atoms with Gasteiger partial charge in [-0.1, -0.05) is 5.16 Å². The van der Waals surface area contributed by atoms with Crippen molar-refractivity contribution in [1.29, 1.82) is 0 Å². The Morgan fingerprint density at radius 1 is 1.28 bits per heavy atom. The summed E-state index contributed by atoms with van der Waals surface area (Å²) >= 11 is 1.54. The van der Waals surface area contributed by atoms with E-state index in [1.165, 1.54) is 15.6 Å². The Labute approximate surface area is 171 Å². The van der Waals surface area contributed by atoms with E-state index in [-0.39, 0.29) is 18.0 Å². The molecule has 0 amide bonds. The number of sulfonamides is 1. The fourth-order valence-corrected chi connectivity index (χ4v) is 5.76. The molecule has 0 spiro atoms. The van der Waals surface area contributed by atoms with Gasteiger partial charge in [0.1, 0.15) is 11.6 Å². The van der Waals surface area contributed by atoms with Crippen molar-refractivity contribution in [1.82, 2.24) is 14.4 Å². The van der Waals surface area contributed by atoms with E-state index in [0.717, 1.165) is 30.2 Å². The van der Waals surface area contributed by atoms with Crippen LogP contribution in [0.4, 0.5) is 8.78 Å². The van der Waals surface area contributed by atoms with Gasteiger partial charge in [0.05, 0.1) is 5.75 Å². The van der Waals surface area contributed by atoms with Gasteiger partial charge in [0.25, 0.3) is 0 Å². The minimum atomic E-state index is -3.77. The molecule has 4 rings (SSSR count). The van der Waals surface area contributed by atoms with Crippen molar-refractivity contribution in [2.45, 2.75) is 25.0 Å². The highest BCUT2D eigenvalue weighted by molar-refractivity contribution is 7.88. The zero-order valence-electron chi connectivity index (χ0n) is 15.4. The fraction of sp³-hybridized carbons (Fsp3) is 0.368. The van der Waals surface area contributed by atoms with Crippen LogP contribution < -0.4 is 0 Å². The van der Waals surface area contributed by atoms with Crippen LogP contribution >= 0.6 is 11.3 Å². The first kappa shape index (κ1) is 20.1. The summed E-state index contributed by atoms with van der Waals surface area (Å²) in [5.74, 6) is -0.950. The van der Waals surface area contributed by atoms with E-state index in [2.05, 4.69) is 10.1 Å². The van der Waals surface area contributed by atoms with Gasteiger partial charge in [-0.25, -0.2) is 21.5 Å². The second kappa shape index (κ2) is 8.29. The number of rotatable bonds is 6. The van der Waals surface area contributed by atoms with Crippen molar-refractivity contribution < 1.29 is 21.7 Å². The third-order valence-electron chi connectivity index (χ3n) is 4.93. The molecule has 1 aliphatic heterocycles. The highest BCUT2D eigenvalue weighted by Crippen LogP contribution is 2.26. The number of hydrogen-bond donors (Lipinski definition) is 0. The lowest BCUT2D eigenvalue weighted by atomic mass is 9.96. The van der Waals surface area contributed by atoms with Crippen molar-refractivity contribution >= 4 is 21.4 Å². The Balaban J connectivity index is 1.43. The topological polar surface area (TPSA) is 76.3 Å². The van der Waals surface area contributed by atoms with E-state index in [9.17, 15) is 17.2 Å². The molecule has 1 saturated heterocycles. The first-order valence-corrected chi connectivity index (χ1v) is 11.7. The molecule has 1 atom stereocenters. The lowest BCUT2D eigenvalue weighted by Crippen LogP contribution is -2.41. The zero-order chi connectivity index (χ0) is 20.4. The lowest BCUT2D eigenvalue weighted by Gasteiger charge is -2.31. The van der Waals surface area contributed by atoms with Gasteiger partial charge < -0.3 is 4.52 Å². The third-order valence-corrected chi connectivity index (χ3v) is 7.41. The molecule has 6 nitrogen and oxygen atoms in total. The Morgan fingerprint density at radius 2 is 2.14 bits per heavy atom. The first-order chi connectivity index (χ1) is 13.9. The van der Waals surface area contributed by atoms with E-state index < -0.39 is 27.4 Å². The maximum Gasteiger partial charge on any atom is 0.227 e. The summed E-state index contributed by atoms with van der Waals surface area (Å²) in [6.45, 7) is 0.648. The summed E-state index contributed by atoms with van der Waals surface area (Å²) in [7, 11) is -3.77. The largest absolute Gasteiger partial charge is 0.339 e. The molecule has 29 heavy (non-hydrogen) atoms. The Kier molecular flexibility index (Phi) is 5.75. The molecule has 3 heterocycles. The Bertz CT molecular complexity index is 1080. The van der Waals surface area contributed by atoms with Crippen molar-refractivity contribution in [3.8, 4) is 11.4 Å². The maximum atomic E-state index is 13.9. The highest BCUT2D eigenvalue weighted by Gasteiger charge is 2.31. The van der Waals surface area contributed by atoms with Gasteiger partial charge in [-0.2, -0.15) is 16.3 Å². The average Bonchev–Trinajstić information content (AvgIpc) is 3.36. The van der Waals surface area contributed by atoms with Crippen LogP contribution in [-0.2, 0) is 22.2 Å². The zero-order valence-corrected chi connectivity index (χ0v) is 17.1. The molecule has 0 radical (unpaired) electrons. The third kappa shape index (κ3) is 4.71. The predicted molar refractivity (Wildman–Crippen MR) is 105 cm³/mol. The SMILES string of the molecule is O=S(=O)(Cc1cc(F)ccc1F)N1CCCC(Cc2nc(-c3ccsc3)no2)C1. The van der Waals surface area contributed by atoms with E-state index in [0.29, 0.717) is 31.1 Å². The molecule has 0 N–H and O–H groups in total.